The lowest BCUT2D eigenvalue weighted by molar-refractivity contribution is 0.0722. The molecule has 210 valence electrons. The van der Waals surface area contributed by atoms with Crippen LogP contribution in [-0.4, -0.2) is 25.6 Å². The van der Waals surface area contributed by atoms with Gasteiger partial charge in [0.05, 0.1) is 24.7 Å². The smallest absolute Gasteiger partial charge is 0.254 e. The Hall–Kier alpha value is -5.23. The third kappa shape index (κ3) is 6.23. The summed E-state index contributed by atoms with van der Waals surface area (Å²) in [6, 6.07) is 22.4. The predicted molar refractivity (Wildman–Crippen MR) is 152 cm³/mol. The molecule has 0 bridgehead atoms. The summed E-state index contributed by atoms with van der Waals surface area (Å²) in [5.41, 5.74) is 4.83. The molecule has 42 heavy (non-hydrogen) atoms. The zero-order chi connectivity index (χ0) is 29.8. The third-order valence-corrected chi connectivity index (χ3v) is 7.08. The molecule has 4 aromatic carbocycles. The van der Waals surface area contributed by atoms with E-state index in [0.29, 0.717) is 29.1 Å². The number of hydrogen-bond donors (Lipinski definition) is 0. The third-order valence-electron chi connectivity index (χ3n) is 7.08. The van der Waals surface area contributed by atoms with E-state index in [9.17, 15) is 18.0 Å². The van der Waals surface area contributed by atoms with Crippen LogP contribution in [0.1, 0.15) is 44.0 Å². The Morgan fingerprint density at radius 1 is 0.881 bits per heavy atom. The summed E-state index contributed by atoms with van der Waals surface area (Å²) in [4.78, 5) is 15.4. The molecule has 6 nitrogen and oxygen atoms in total. The molecule has 0 N–H and O–H groups in total. The summed E-state index contributed by atoms with van der Waals surface area (Å²) in [6.45, 7) is 3.81. The fourth-order valence-electron chi connectivity index (χ4n) is 4.70. The summed E-state index contributed by atoms with van der Waals surface area (Å²) in [6.07, 6.45) is 1.54. The normalized spacial score (nSPS) is 10.9. The van der Waals surface area contributed by atoms with Gasteiger partial charge in [-0.15, -0.1) is 10.2 Å². The van der Waals surface area contributed by atoms with Crippen LogP contribution < -0.4 is 0 Å². The first-order valence-corrected chi connectivity index (χ1v) is 13.2. The fraction of sp³-hybridized carbons (Fsp3) is 0.152. The highest BCUT2D eigenvalue weighted by Crippen LogP contribution is 2.28. The molecule has 1 amide bonds. The lowest BCUT2D eigenvalue weighted by Gasteiger charge is -2.24. The van der Waals surface area contributed by atoms with E-state index in [1.54, 1.807) is 47.9 Å². The van der Waals surface area contributed by atoms with Crippen molar-refractivity contribution in [1.29, 1.82) is 5.26 Å². The summed E-state index contributed by atoms with van der Waals surface area (Å²) < 4.78 is 44.1. The molecular weight excluding hydrogens is 539 g/mol. The number of nitriles is 1. The molecule has 1 aromatic heterocycles. The van der Waals surface area contributed by atoms with Gasteiger partial charge in [0.1, 0.15) is 23.8 Å². The van der Waals surface area contributed by atoms with Crippen LogP contribution in [-0.2, 0) is 19.6 Å². The van der Waals surface area contributed by atoms with Gasteiger partial charge in [0.25, 0.3) is 5.91 Å². The van der Waals surface area contributed by atoms with Crippen LogP contribution in [0.3, 0.4) is 0 Å². The molecule has 0 unspecified atom stereocenters. The zero-order valence-electron chi connectivity index (χ0n) is 23.0. The van der Waals surface area contributed by atoms with E-state index in [1.807, 2.05) is 25.1 Å². The van der Waals surface area contributed by atoms with Crippen LogP contribution in [0.5, 0.6) is 0 Å². The largest absolute Gasteiger partial charge is 0.327 e. The number of aromatic nitrogens is 3. The number of aryl methyl sites for hydroxylation is 2. The highest BCUT2D eigenvalue weighted by Gasteiger charge is 2.22. The summed E-state index contributed by atoms with van der Waals surface area (Å²) in [7, 11) is 0. The number of nitrogens with zero attached hydrogens (tertiary/aromatic N) is 5. The SMILES string of the molecule is Cc1cc(-c2cc(C(=O)N(Cc3ccc(F)cc3F)Cc3nncn3Cc3ccc(C#N)cc3)ccc2C)ccc1F. The van der Waals surface area contributed by atoms with Crippen LogP contribution in [0, 0.1) is 42.6 Å². The predicted octanol–water partition coefficient (Wildman–Crippen LogP) is 6.74. The molecule has 0 radical (unpaired) electrons. The van der Waals surface area contributed by atoms with Gasteiger partial charge in [0.15, 0.2) is 5.82 Å². The second kappa shape index (κ2) is 12.1. The van der Waals surface area contributed by atoms with E-state index in [0.717, 1.165) is 34.4 Å². The molecular formula is C33H26F3N5O. The van der Waals surface area contributed by atoms with Crippen molar-refractivity contribution in [2.45, 2.75) is 33.5 Å². The molecule has 9 heteroatoms. The van der Waals surface area contributed by atoms with Crippen molar-refractivity contribution in [1.82, 2.24) is 19.7 Å². The maximum Gasteiger partial charge on any atom is 0.254 e. The Bertz CT molecular complexity index is 1810. The lowest BCUT2D eigenvalue weighted by Crippen LogP contribution is -2.32. The number of carbonyl (C=O) groups excluding carboxylic acids is 1. The maximum atomic E-state index is 14.7. The average molecular weight is 566 g/mol. The summed E-state index contributed by atoms with van der Waals surface area (Å²) >= 11 is 0. The molecule has 5 rings (SSSR count). The maximum absolute atomic E-state index is 14.7. The number of carbonyl (C=O) groups is 1. The summed E-state index contributed by atoms with van der Waals surface area (Å²) in [5.74, 6) is -1.74. The fourth-order valence-corrected chi connectivity index (χ4v) is 4.70. The standard InChI is InChI=1S/C33H26F3N5O/c1-21-3-8-26(14-29(21)25-10-12-30(35)22(2)13-25)33(42)40(18-27-9-11-28(34)15-31(27)36)19-32-39-38-20-41(32)17-24-6-4-23(16-37)5-7-24/h3-15,20H,17-19H2,1-2H3. The van der Waals surface area contributed by atoms with E-state index < -0.39 is 17.5 Å². The number of rotatable bonds is 8. The highest BCUT2D eigenvalue weighted by molar-refractivity contribution is 5.95. The zero-order valence-corrected chi connectivity index (χ0v) is 23.0. The Morgan fingerprint density at radius 3 is 2.38 bits per heavy atom. The first kappa shape index (κ1) is 28.3. The van der Waals surface area contributed by atoms with Gasteiger partial charge >= 0.3 is 0 Å². The van der Waals surface area contributed by atoms with Gasteiger partial charge in [-0.05, 0) is 84.1 Å². The number of amides is 1. The number of hydrogen-bond acceptors (Lipinski definition) is 4. The van der Waals surface area contributed by atoms with Crippen molar-refractivity contribution in [3.63, 3.8) is 0 Å². The van der Waals surface area contributed by atoms with Gasteiger partial charge in [-0.3, -0.25) is 4.79 Å². The van der Waals surface area contributed by atoms with Crippen molar-refractivity contribution in [2.75, 3.05) is 0 Å². The van der Waals surface area contributed by atoms with Gasteiger partial charge in [-0.25, -0.2) is 13.2 Å². The van der Waals surface area contributed by atoms with Crippen LogP contribution in [0.4, 0.5) is 13.2 Å². The minimum absolute atomic E-state index is 0.00913. The molecule has 0 spiro atoms. The molecule has 0 fully saturated rings. The Labute approximate surface area is 241 Å². The van der Waals surface area contributed by atoms with Crippen molar-refractivity contribution < 1.29 is 18.0 Å². The van der Waals surface area contributed by atoms with Crippen LogP contribution in [0.15, 0.2) is 85.2 Å². The Morgan fingerprint density at radius 2 is 1.67 bits per heavy atom. The van der Waals surface area contributed by atoms with Gasteiger partial charge < -0.3 is 9.47 Å². The average Bonchev–Trinajstić information content (AvgIpc) is 3.42. The van der Waals surface area contributed by atoms with Gasteiger partial charge in [0.2, 0.25) is 0 Å². The minimum atomic E-state index is -0.766. The van der Waals surface area contributed by atoms with E-state index in [2.05, 4.69) is 16.3 Å². The van der Waals surface area contributed by atoms with E-state index in [-0.39, 0.29) is 24.5 Å². The quantitative estimate of drug-likeness (QED) is 0.209. The Balaban J connectivity index is 1.49. The molecule has 1 heterocycles. The van der Waals surface area contributed by atoms with Gasteiger partial charge in [-0.1, -0.05) is 30.3 Å². The van der Waals surface area contributed by atoms with Crippen LogP contribution in [0.25, 0.3) is 11.1 Å². The van der Waals surface area contributed by atoms with E-state index >= 15 is 0 Å². The van der Waals surface area contributed by atoms with Crippen molar-refractivity contribution in [3.8, 4) is 17.2 Å². The molecule has 5 aromatic rings. The minimum Gasteiger partial charge on any atom is -0.327 e. The number of halogens is 3. The topological polar surface area (TPSA) is 74.8 Å². The second-order valence-corrected chi connectivity index (χ2v) is 10.1. The first-order valence-electron chi connectivity index (χ1n) is 13.2. The molecule has 0 atom stereocenters. The number of benzene rings is 4. The molecule has 0 saturated heterocycles. The van der Waals surface area contributed by atoms with Crippen LogP contribution >= 0.6 is 0 Å². The lowest BCUT2D eigenvalue weighted by atomic mass is 9.96. The van der Waals surface area contributed by atoms with Gasteiger partial charge in [0, 0.05) is 23.7 Å². The second-order valence-electron chi connectivity index (χ2n) is 10.1. The first-order chi connectivity index (χ1) is 20.2. The van der Waals surface area contributed by atoms with E-state index in [4.69, 9.17) is 5.26 Å². The van der Waals surface area contributed by atoms with Crippen molar-refractivity contribution in [2.24, 2.45) is 0 Å². The summed E-state index contributed by atoms with van der Waals surface area (Å²) in [5, 5.41) is 17.3. The molecule has 0 saturated carbocycles. The monoisotopic (exact) mass is 565 g/mol. The van der Waals surface area contributed by atoms with Gasteiger partial charge in [-0.2, -0.15) is 5.26 Å². The van der Waals surface area contributed by atoms with E-state index in [1.165, 1.54) is 23.4 Å². The van der Waals surface area contributed by atoms with Crippen molar-refractivity contribution >= 4 is 5.91 Å². The Kier molecular flexibility index (Phi) is 8.16. The molecule has 0 aliphatic rings. The van der Waals surface area contributed by atoms with Crippen LogP contribution in [0.2, 0.25) is 0 Å². The van der Waals surface area contributed by atoms with Crippen molar-refractivity contribution in [3.05, 3.63) is 142 Å². The molecule has 0 aliphatic heterocycles. The molecule has 0 aliphatic carbocycles. The highest BCUT2D eigenvalue weighted by atomic mass is 19.1.